The lowest BCUT2D eigenvalue weighted by Gasteiger charge is -1.96. The zero-order valence-corrected chi connectivity index (χ0v) is 12.7. The molecule has 0 radical (unpaired) electrons. The number of rotatable bonds is 6. The Morgan fingerprint density at radius 3 is 2.95 bits per heavy atom. The average Bonchev–Trinajstić information content (AvgIpc) is 3.05. The number of nitrogens with one attached hydrogen (secondary N) is 1. The molecule has 8 heteroatoms. The molecule has 0 aliphatic rings. The molecule has 0 aromatic carbocycles. The van der Waals surface area contributed by atoms with Crippen LogP contribution >= 0.6 is 23.7 Å². The van der Waals surface area contributed by atoms with Gasteiger partial charge in [0.05, 0.1) is 12.1 Å². The zero-order valence-electron chi connectivity index (χ0n) is 11.1. The lowest BCUT2D eigenvalue weighted by molar-refractivity contribution is 0.102. The molecule has 0 fully saturated rings. The molecule has 110 valence electrons. The van der Waals surface area contributed by atoms with Crippen molar-refractivity contribution in [2.24, 2.45) is 5.73 Å². The van der Waals surface area contributed by atoms with E-state index in [4.69, 9.17) is 10.2 Å². The molecule has 0 spiro atoms. The van der Waals surface area contributed by atoms with Crippen molar-refractivity contribution in [2.45, 2.75) is 32.7 Å². The molecule has 0 unspecified atom stereocenters. The second-order valence-electron chi connectivity index (χ2n) is 4.06. The first-order chi connectivity index (χ1) is 9.22. The molecule has 2 aromatic rings. The summed E-state index contributed by atoms with van der Waals surface area (Å²) in [6, 6.07) is 1.62. The highest BCUT2D eigenvalue weighted by Crippen LogP contribution is 2.18. The van der Waals surface area contributed by atoms with Crippen LogP contribution in [0.4, 0.5) is 5.13 Å². The third-order valence-electron chi connectivity index (χ3n) is 2.55. The van der Waals surface area contributed by atoms with Gasteiger partial charge in [-0.25, -0.2) is 0 Å². The number of carbonyl (C=O) groups is 1. The van der Waals surface area contributed by atoms with Gasteiger partial charge in [-0.1, -0.05) is 24.7 Å². The lowest BCUT2D eigenvalue weighted by atomic mass is 10.3. The molecule has 0 saturated heterocycles. The van der Waals surface area contributed by atoms with Crippen LogP contribution < -0.4 is 11.1 Å². The van der Waals surface area contributed by atoms with E-state index in [2.05, 4.69) is 22.4 Å². The van der Waals surface area contributed by atoms with E-state index >= 15 is 0 Å². The SMILES string of the molecule is CCCCc1nnc(NC(=O)c2coc(CN)c2)s1.Cl. The fraction of sp³-hybridized carbons (Fsp3) is 0.417. The standard InChI is InChI=1S/C12H16N4O2S.ClH/c1-2-3-4-10-15-16-12(19-10)14-11(17)8-5-9(6-13)18-7-8;/h5,7H,2-4,6,13H2,1H3,(H,14,16,17);1H. The van der Waals surface area contributed by atoms with Crippen LogP contribution in [0.15, 0.2) is 16.7 Å². The molecule has 0 saturated carbocycles. The van der Waals surface area contributed by atoms with Gasteiger partial charge < -0.3 is 10.2 Å². The van der Waals surface area contributed by atoms with Crippen LogP contribution in [0, 0.1) is 0 Å². The number of hydrogen-bond acceptors (Lipinski definition) is 6. The Morgan fingerprint density at radius 2 is 2.30 bits per heavy atom. The number of nitrogens with zero attached hydrogens (tertiary/aromatic N) is 2. The van der Waals surface area contributed by atoms with E-state index in [9.17, 15) is 4.79 Å². The minimum Gasteiger partial charge on any atom is -0.467 e. The Labute approximate surface area is 127 Å². The molecule has 2 aromatic heterocycles. The molecular weight excluding hydrogens is 300 g/mol. The highest BCUT2D eigenvalue weighted by atomic mass is 35.5. The van der Waals surface area contributed by atoms with E-state index in [0.29, 0.717) is 16.5 Å². The zero-order chi connectivity index (χ0) is 13.7. The number of anilines is 1. The van der Waals surface area contributed by atoms with Gasteiger partial charge in [0, 0.05) is 6.42 Å². The lowest BCUT2D eigenvalue weighted by Crippen LogP contribution is -2.10. The van der Waals surface area contributed by atoms with Gasteiger partial charge in [-0.3, -0.25) is 10.1 Å². The van der Waals surface area contributed by atoms with E-state index in [-0.39, 0.29) is 24.9 Å². The monoisotopic (exact) mass is 316 g/mol. The Balaban J connectivity index is 0.00000200. The Bertz CT molecular complexity index is 555. The van der Waals surface area contributed by atoms with Crippen LogP contribution in [-0.4, -0.2) is 16.1 Å². The number of nitrogens with two attached hydrogens (primary N) is 1. The maximum Gasteiger partial charge on any atom is 0.260 e. The molecule has 20 heavy (non-hydrogen) atoms. The molecule has 6 nitrogen and oxygen atoms in total. The number of unbranched alkanes of at least 4 members (excludes halogenated alkanes) is 1. The topological polar surface area (TPSA) is 94.0 Å². The molecule has 2 rings (SSSR count). The molecule has 0 aliphatic heterocycles. The fourth-order valence-corrected chi connectivity index (χ4v) is 2.29. The summed E-state index contributed by atoms with van der Waals surface area (Å²) in [5.41, 5.74) is 5.86. The van der Waals surface area contributed by atoms with Crippen LogP contribution in [0.3, 0.4) is 0 Å². The summed E-state index contributed by atoms with van der Waals surface area (Å²) in [7, 11) is 0. The minimum atomic E-state index is -0.262. The second kappa shape index (κ2) is 7.98. The summed E-state index contributed by atoms with van der Waals surface area (Å²) in [6.07, 6.45) is 4.46. The maximum atomic E-state index is 11.9. The first kappa shape index (κ1) is 16.6. The normalized spacial score (nSPS) is 10.1. The van der Waals surface area contributed by atoms with Gasteiger partial charge in [0.15, 0.2) is 0 Å². The van der Waals surface area contributed by atoms with Gasteiger partial charge >= 0.3 is 0 Å². The number of amides is 1. The minimum absolute atomic E-state index is 0. The Hall–Kier alpha value is -1.44. The van der Waals surface area contributed by atoms with Gasteiger partial charge in [0.25, 0.3) is 5.91 Å². The molecule has 2 heterocycles. The Kier molecular flexibility index (Phi) is 6.63. The van der Waals surface area contributed by atoms with Crippen molar-refractivity contribution in [2.75, 3.05) is 5.32 Å². The van der Waals surface area contributed by atoms with Crippen molar-refractivity contribution in [3.8, 4) is 0 Å². The van der Waals surface area contributed by atoms with Crippen molar-refractivity contribution < 1.29 is 9.21 Å². The maximum absolute atomic E-state index is 11.9. The van der Waals surface area contributed by atoms with Crippen LogP contribution in [0.2, 0.25) is 0 Å². The van der Waals surface area contributed by atoms with Gasteiger partial charge in [0.1, 0.15) is 17.0 Å². The van der Waals surface area contributed by atoms with Crippen LogP contribution in [0.25, 0.3) is 0 Å². The summed E-state index contributed by atoms with van der Waals surface area (Å²) in [5.74, 6) is 0.313. The number of carbonyl (C=O) groups excluding carboxylic acids is 1. The smallest absolute Gasteiger partial charge is 0.260 e. The quantitative estimate of drug-likeness (QED) is 0.854. The van der Waals surface area contributed by atoms with Gasteiger partial charge in [0.2, 0.25) is 5.13 Å². The van der Waals surface area contributed by atoms with E-state index in [1.807, 2.05) is 0 Å². The number of furan rings is 1. The number of halogens is 1. The molecule has 0 aliphatic carbocycles. The summed E-state index contributed by atoms with van der Waals surface area (Å²) < 4.78 is 5.11. The predicted molar refractivity (Wildman–Crippen MR) is 80.3 cm³/mol. The third kappa shape index (κ3) is 4.29. The van der Waals surface area contributed by atoms with E-state index in [0.717, 1.165) is 24.3 Å². The number of hydrogen-bond donors (Lipinski definition) is 2. The van der Waals surface area contributed by atoms with Crippen LogP contribution in [0.5, 0.6) is 0 Å². The third-order valence-corrected chi connectivity index (χ3v) is 3.45. The van der Waals surface area contributed by atoms with Gasteiger partial charge in [-0.2, -0.15) is 0 Å². The molecule has 1 amide bonds. The van der Waals surface area contributed by atoms with Crippen molar-refractivity contribution in [3.63, 3.8) is 0 Å². The second-order valence-corrected chi connectivity index (χ2v) is 5.13. The summed E-state index contributed by atoms with van der Waals surface area (Å²) in [5, 5.41) is 12.1. The highest BCUT2D eigenvalue weighted by molar-refractivity contribution is 7.15. The van der Waals surface area contributed by atoms with E-state index in [1.54, 1.807) is 6.07 Å². The van der Waals surface area contributed by atoms with Crippen molar-refractivity contribution >= 4 is 34.8 Å². The molecule has 0 atom stereocenters. The van der Waals surface area contributed by atoms with E-state index < -0.39 is 0 Å². The first-order valence-electron chi connectivity index (χ1n) is 6.14. The van der Waals surface area contributed by atoms with Crippen molar-refractivity contribution in [3.05, 3.63) is 28.7 Å². The summed E-state index contributed by atoms with van der Waals surface area (Å²) in [4.78, 5) is 11.9. The van der Waals surface area contributed by atoms with E-state index in [1.165, 1.54) is 17.6 Å². The number of aromatic nitrogens is 2. The Morgan fingerprint density at radius 1 is 1.50 bits per heavy atom. The van der Waals surface area contributed by atoms with Crippen LogP contribution in [0.1, 0.15) is 40.9 Å². The molecule has 3 N–H and O–H groups in total. The average molecular weight is 317 g/mol. The highest BCUT2D eigenvalue weighted by Gasteiger charge is 2.12. The van der Waals surface area contributed by atoms with Crippen LogP contribution in [-0.2, 0) is 13.0 Å². The summed E-state index contributed by atoms with van der Waals surface area (Å²) in [6.45, 7) is 2.39. The number of aryl methyl sites for hydroxylation is 1. The summed E-state index contributed by atoms with van der Waals surface area (Å²) >= 11 is 1.40. The fourth-order valence-electron chi connectivity index (χ4n) is 1.51. The molecular formula is C12H17ClN4O2S. The van der Waals surface area contributed by atoms with Crippen molar-refractivity contribution in [1.82, 2.24) is 10.2 Å². The molecule has 0 bridgehead atoms. The van der Waals surface area contributed by atoms with Gasteiger partial charge in [-0.05, 0) is 12.5 Å². The van der Waals surface area contributed by atoms with Crippen molar-refractivity contribution in [1.29, 1.82) is 0 Å². The van der Waals surface area contributed by atoms with Gasteiger partial charge in [-0.15, -0.1) is 22.6 Å². The largest absolute Gasteiger partial charge is 0.467 e. The first-order valence-corrected chi connectivity index (χ1v) is 6.95. The predicted octanol–water partition coefficient (Wildman–Crippen LogP) is 2.61.